The largest absolute Gasteiger partial charge is 0.464 e. The van der Waals surface area contributed by atoms with E-state index < -0.39 is 11.5 Å². The predicted octanol–water partition coefficient (Wildman–Crippen LogP) is 2.59. The highest BCUT2D eigenvalue weighted by atomic mass is 16.5. The number of benzene rings is 1. The molecule has 0 fully saturated rings. The van der Waals surface area contributed by atoms with Crippen LogP contribution in [-0.4, -0.2) is 29.9 Å². The normalized spacial score (nSPS) is 10.7. The lowest BCUT2D eigenvalue weighted by Gasteiger charge is -2.30. The summed E-state index contributed by atoms with van der Waals surface area (Å²) < 4.78 is 5.11. The summed E-state index contributed by atoms with van der Waals surface area (Å²) in [5.41, 5.74) is 0.157. The lowest BCUT2D eigenvalue weighted by atomic mass is 9.92. The molecule has 1 aromatic rings. The number of esters is 1. The molecule has 1 aromatic carbocycles. The molecule has 6 nitrogen and oxygen atoms in total. The molecule has 0 bridgehead atoms. The number of anilines is 1. The molecule has 2 amide bonds. The van der Waals surface area contributed by atoms with Gasteiger partial charge in [0, 0.05) is 5.69 Å². The fourth-order valence-electron chi connectivity index (χ4n) is 2.50. The van der Waals surface area contributed by atoms with Gasteiger partial charge in [0.2, 0.25) is 11.8 Å². The molecule has 0 saturated carbocycles. The Morgan fingerprint density at radius 3 is 2.36 bits per heavy atom. The third-order valence-electron chi connectivity index (χ3n) is 4.06. The van der Waals surface area contributed by atoms with Crippen molar-refractivity contribution in [2.45, 2.75) is 45.6 Å². The van der Waals surface area contributed by atoms with E-state index in [2.05, 4.69) is 17.2 Å². The van der Waals surface area contributed by atoms with E-state index in [1.807, 2.05) is 13.8 Å². The van der Waals surface area contributed by atoms with Gasteiger partial charge in [-0.2, -0.15) is 0 Å². The Bertz CT molecular complexity index is 636. The summed E-state index contributed by atoms with van der Waals surface area (Å²) in [5.74, 6) is -1.09. The summed E-state index contributed by atoms with van der Waals surface area (Å²) in [6.07, 6.45) is 2.07. The molecule has 0 unspecified atom stereocenters. The predicted molar refractivity (Wildman–Crippen MR) is 97.1 cm³/mol. The molecular weight excluding hydrogens is 320 g/mol. The number of rotatable bonds is 9. The molecule has 0 atom stereocenters. The molecule has 2 N–H and O–H groups in total. The summed E-state index contributed by atoms with van der Waals surface area (Å²) in [6.45, 7) is 9.06. The Hall–Kier alpha value is -2.63. The summed E-state index contributed by atoms with van der Waals surface area (Å²) in [7, 11) is 0. The van der Waals surface area contributed by atoms with Crippen LogP contribution >= 0.6 is 0 Å². The average Bonchev–Trinajstić information content (AvgIpc) is 2.61. The Balaban J connectivity index is 2.93. The minimum atomic E-state index is -1.04. The first-order valence-corrected chi connectivity index (χ1v) is 8.41. The van der Waals surface area contributed by atoms with Crippen LogP contribution in [0.15, 0.2) is 36.9 Å². The van der Waals surface area contributed by atoms with Gasteiger partial charge in [0.1, 0.15) is 5.54 Å². The molecule has 0 heterocycles. The Morgan fingerprint density at radius 1 is 1.16 bits per heavy atom. The van der Waals surface area contributed by atoms with Gasteiger partial charge in [-0.05, 0) is 37.5 Å². The van der Waals surface area contributed by atoms with E-state index in [1.165, 1.54) is 0 Å². The van der Waals surface area contributed by atoms with Gasteiger partial charge in [-0.15, -0.1) is 0 Å². The highest BCUT2D eigenvalue weighted by Crippen LogP contribution is 2.20. The quantitative estimate of drug-likeness (QED) is 0.532. The second-order valence-corrected chi connectivity index (χ2v) is 5.59. The maximum absolute atomic E-state index is 12.5. The van der Waals surface area contributed by atoms with Crippen LogP contribution in [0.4, 0.5) is 5.69 Å². The van der Waals surface area contributed by atoms with Gasteiger partial charge in [-0.25, -0.2) is 4.79 Å². The molecule has 0 aliphatic heterocycles. The van der Waals surface area contributed by atoms with Crippen molar-refractivity contribution < 1.29 is 19.1 Å². The fourth-order valence-corrected chi connectivity index (χ4v) is 2.50. The van der Waals surface area contributed by atoms with Crippen LogP contribution in [0.25, 0.3) is 0 Å². The number of hydrogen-bond donors (Lipinski definition) is 2. The lowest BCUT2D eigenvalue weighted by molar-refractivity contribution is -0.153. The van der Waals surface area contributed by atoms with E-state index in [9.17, 15) is 14.4 Å². The van der Waals surface area contributed by atoms with Gasteiger partial charge >= 0.3 is 5.97 Å². The van der Waals surface area contributed by atoms with Crippen molar-refractivity contribution in [3.8, 4) is 0 Å². The van der Waals surface area contributed by atoms with Crippen LogP contribution in [0.5, 0.6) is 0 Å². The molecule has 0 aliphatic carbocycles. The molecule has 0 aromatic heterocycles. The highest BCUT2D eigenvalue weighted by molar-refractivity contribution is 6.00. The number of carbonyl (C=O) groups excluding carboxylic acids is 3. The third-order valence-corrected chi connectivity index (χ3v) is 4.06. The monoisotopic (exact) mass is 346 g/mol. The van der Waals surface area contributed by atoms with E-state index in [-0.39, 0.29) is 24.8 Å². The molecule has 0 saturated heterocycles. The van der Waals surface area contributed by atoms with E-state index >= 15 is 0 Å². The van der Waals surface area contributed by atoms with E-state index in [4.69, 9.17) is 4.74 Å². The number of nitrogens with one attached hydrogen (secondary N) is 2. The zero-order valence-electron chi connectivity index (χ0n) is 15.1. The lowest BCUT2D eigenvalue weighted by Crippen LogP contribution is -2.55. The highest BCUT2D eigenvalue weighted by Gasteiger charge is 2.37. The van der Waals surface area contributed by atoms with Crippen LogP contribution in [0.1, 0.15) is 39.2 Å². The summed E-state index contributed by atoms with van der Waals surface area (Å²) in [5, 5.41) is 5.48. The van der Waals surface area contributed by atoms with E-state index in [0.29, 0.717) is 24.1 Å². The van der Waals surface area contributed by atoms with Crippen molar-refractivity contribution in [1.29, 1.82) is 0 Å². The van der Waals surface area contributed by atoms with Gasteiger partial charge in [-0.1, -0.05) is 38.6 Å². The zero-order valence-corrected chi connectivity index (χ0v) is 15.1. The Kier molecular flexibility index (Phi) is 7.85. The van der Waals surface area contributed by atoms with Crippen molar-refractivity contribution in [1.82, 2.24) is 5.32 Å². The number of para-hydroxylation sites is 1. The number of ether oxygens (including phenoxy) is 1. The number of amides is 2. The first-order chi connectivity index (χ1) is 11.9. The SMILES string of the molecule is C=CC(=O)Nc1ccccc1CC(=O)NC(CC)(CC)C(=O)OCC. The molecule has 1 rings (SSSR count). The second-order valence-electron chi connectivity index (χ2n) is 5.59. The average molecular weight is 346 g/mol. The standard InChI is InChI=1S/C19H26N2O4/c1-5-16(22)20-15-12-10-9-11-14(15)13-17(23)21-19(6-2,7-3)18(24)25-8-4/h5,9-12H,1,6-8,13H2,2-4H3,(H,20,22)(H,21,23). The molecule has 25 heavy (non-hydrogen) atoms. The minimum absolute atomic E-state index is 0.0365. The van der Waals surface area contributed by atoms with E-state index in [1.54, 1.807) is 31.2 Å². The van der Waals surface area contributed by atoms with Crippen molar-refractivity contribution in [3.63, 3.8) is 0 Å². The van der Waals surface area contributed by atoms with Gasteiger partial charge in [-0.3, -0.25) is 9.59 Å². The van der Waals surface area contributed by atoms with Gasteiger partial charge < -0.3 is 15.4 Å². The number of carbonyl (C=O) groups is 3. The van der Waals surface area contributed by atoms with Crippen molar-refractivity contribution >= 4 is 23.5 Å². The molecule has 6 heteroatoms. The zero-order chi connectivity index (χ0) is 18.9. The van der Waals surface area contributed by atoms with Gasteiger partial charge in [0.25, 0.3) is 0 Å². The Morgan fingerprint density at radius 2 is 1.80 bits per heavy atom. The third kappa shape index (κ3) is 5.45. The van der Waals surface area contributed by atoms with Crippen molar-refractivity contribution in [2.75, 3.05) is 11.9 Å². The molecule has 136 valence electrons. The molecule has 0 radical (unpaired) electrons. The van der Waals surface area contributed by atoms with Gasteiger partial charge in [0.15, 0.2) is 0 Å². The van der Waals surface area contributed by atoms with Crippen LogP contribution in [0.2, 0.25) is 0 Å². The van der Waals surface area contributed by atoms with Gasteiger partial charge in [0.05, 0.1) is 13.0 Å². The Labute approximate surface area is 148 Å². The molecule has 0 aliphatic rings. The molecule has 0 spiro atoms. The first kappa shape index (κ1) is 20.4. The van der Waals surface area contributed by atoms with Crippen LogP contribution in [0, 0.1) is 0 Å². The van der Waals surface area contributed by atoms with Crippen LogP contribution in [-0.2, 0) is 25.5 Å². The van der Waals surface area contributed by atoms with Crippen molar-refractivity contribution in [3.05, 3.63) is 42.5 Å². The van der Waals surface area contributed by atoms with Crippen LogP contribution < -0.4 is 10.6 Å². The first-order valence-electron chi connectivity index (χ1n) is 8.41. The summed E-state index contributed by atoms with van der Waals surface area (Å²) >= 11 is 0. The maximum Gasteiger partial charge on any atom is 0.331 e. The smallest absolute Gasteiger partial charge is 0.331 e. The van der Waals surface area contributed by atoms with Crippen molar-refractivity contribution in [2.24, 2.45) is 0 Å². The molecular formula is C19H26N2O4. The fraction of sp³-hybridized carbons (Fsp3) is 0.421. The number of hydrogen-bond acceptors (Lipinski definition) is 4. The van der Waals surface area contributed by atoms with E-state index in [0.717, 1.165) is 6.08 Å². The van der Waals surface area contributed by atoms with Crippen LogP contribution in [0.3, 0.4) is 0 Å². The second kappa shape index (κ2) is 9.61. The maximum atomic E-state index is 12.5. The topological polar surface area (TPSA) is 84.5 Å². The summed E-state index contributed by atoms with van der Waals surface area (Å²) in [4.78, 5) is 36.3. The summed E-state index contributed by atoms with van der Waals surface area (Å²) in [6, 6.07) is 7.01. The minimum Gasteiger partial charge on any atom is -0.464 e.